The number of nitrogens with one attached hydrogen (secondary N) is 2. The van der Waals surface area contributed by atoms with E-state index >= 15 is 0 Å². The van der Waals surface area contributed by atoms with Gasteiger partial charge >= 0.3 is 5.97 Å². The van der Waals surface area contributed by atoms with Crippen LogP contribution >= 0.6 is 11.3 Å². The maximum Gasteiger partial charge on any atom is 0.341 e. The van der Waals surface area contributed by atoms with Crippen molar-refractivity contribution in [2.45, 2.75) is 27.2 Å². The van der Waals surface area contributed by atoms with Crippen LogP contribution in [0.3, 0.4) is 0 Å². The molecule has 0 saturated heterocycles. The molecule has 0 aliphatic heterocycles. The molecule has 0 bridgehead atoms. The lowest BCUT2D eigenvalue weighted by Gasteiger charge is -2.08. The number of hydrogen-bond donors (Lipinski definition) is 2. The Morgan fingerprint density at radius 1 is 1.27 bits per heavy atom. The first-order valence-electron chi connectivity index (χ1n) is 9.55. The molecular formula is C21H20N4O4S. The number of ether oxygens (including phenoxy) is 1. The lowest BCUT2D eigenvalue weighted by atomic mass is 10.1. The summed E-state index contributed by atoms with van der Waals surface area (Å²) >= 11 is 1.32. The maximum absolute atomic E-state index is 13.0. The van der Waals surface area contributed by atoms with Gasteiger partial charge in [0, 0.05) is 4.88 Å². The van der Waals surface area contributed by atoms with Gasteiger partial charge in [-0.05, 0) is 38.0 Å². The fraction of sp³-hybridized carbons (Fsp3) is 0.238. The highest BCUT2D eigenvalue weighted by molar-refractivity contribution is 7.16. The number of para-hydroxylation sites is 1. The van der Waals surface area contributed by atoms with Crippen LogP contribution < -0.4 is 10.9 Å². The Kier molecular flexibility index (Phi) is 5.13. The molecule has 3 heterocycles. The standard InChI is InChI=1S/C21H20N4O4S/c1-4-12-11(3)30-20(16(12)21(28)29-5-2)24-19(27)14-10-22-25-15-9-7-6-8-13(15)18(26)23-17(14)25/h6-10H,4-5H2,1-3H3,(H,23,26)(H,24,27). The zero-order chi connectivity index (χ0) is 21.4. The largest absolute Gasteiger partial charge is 0.462 e. The van der Waals surface area contributed by atoms with Crippen molar-refractivity contribution < 1.29 is 14.3 Å². The van der Waals surface area contributed by atoms with E-state index in [1.807, 2.05) is 13.8 Å². The van der Waals surface area contributed by atoms with Crippen molar-refractivity contribution in [3.05, 3.63) is 62.4 Å². The average Bonchev–Trinajstić information content (AvgIpc) is 3.29. The van der Waals surface area contributed by atoms with Gasteiger partial charge in [-0.2, -0.15) is 5.10 Å². The molecule has 1 aromatic carbocycles. The van der Waals surface area contributed by atoms with Gasteiger partial charge in [-0.1, -0.05) is 19.1 Å². The molecule has 0 aliphatic rings. The van der Waals surface area contributed by atoms with Crippen LogP contribution in [0.4, 0.5) is 5.00 Å². The van der Waals surface area contributed by atoms with Crippen molar-refractivity contribution in [1.29, 1.82) is 0 Å². The second-order valence-corrected chi connectivity index (χ2v) is 7.88. The summed E-state index contributed by atoms with van der Waals surface area (Å²) in [6.07, 6.45) is 2.04. The van der Waals surface area contributed by atoms with Gasteiger partial charge in [-0.15, -0.1) is 11.3 Å². The summed E-state index contributed by atoms with van der Waals surface area (Å²) in [6.45, 7) is 5.83. The number of rotatable bonds is 5. The van der Waals surface area contributed by atoms with Crippen LogP contribution in [-0.4, -0.2) is 33.1 Å². The van der Waals surface area contributed by atoms with Gasteiger partial charge in [0.1, 0.15) is 16.2 Å². The number of nitrogens with zero attached hydrogens (tertiary/aromatic N) is 2. The van der Waals surface area contributed by atoms with Crippen molar-refractivity contribution in [2.75, 3.05) is 11.9 Å². The normalized spacial score (nSPS) is 11.2. The monoisotopic (exact) mass is 424 g/mol. The second kappa shape index (κ2) is 7.75. The number of esters is 1. The highest BCUT2D eigenvalue weighted by atomic mass is 32.1. The Balaban J connectivity index is 1.78. The van der Waals surface area contributed by atoms with E-state index in [0.29, 0.717) is 27.9 Å². The molecule has 4 aromatic rings. The van der Waals surface area contributed by atoms with E-state index in [1.54, 1.807) is 31.2 Å². The number of aromatic nitrogens is 3. The summed E-state index contributed by atoms with van der Waals surface area (Å²) in [5, 5.41) is 7.99. The van der Waals surface area contributed by atoms with Crippen LogP contribution in [0.2, 0.25) is 0 Å². The number of thiophene rings is 1. The van der Waals surface area contributed by atoms with Crippen LogP contribution in [0.1, 0.15) is 45.0 Å². The van der Waals surface area contributed by atoms with Crippen LogP contribution in [0.25, 0.3) is 16.6 Å². The first kappa shape index (κ1) is 19.8. The molecule has 0 unspecified atom stereocenters. The second-order valence-electron chi connectivity index (χ2n) is 6.66. The SMILES string of the molecule is CCOC(=O)c1c(NC(=O)c2cnn3c2[nH]c(=O)c2ccccc23)sc(C)c1CC. The lowest BCUT2D eigenvalue weighted by Crippen LogP contribution is -2.17. The maximum atomic E-state index is 13.0. The van der Waals surface area contributed by atoms with E-state index in [0.717, 1.165) is 10.4 Å². The van der Waals surface area contributed by atoms with E-state index < -0.39 is 11.9 Å². The van der Waals surface area contributed by atoms with Crippen molar-refractivity contribution in [2.24, 2.45) is 0 Å². The van der Waals surface area contributed by atoms with E-state index in [1.165, 1.54) is 22.0 Å². The Morgan fingerprint density at radius 2 is 2.03 bits per heavy atom. The predicted octanol–water partition coefficient (Wildman–Crippen LogP) is 3.54. The van der Waals surface area contributed by atoms with Crippen LogP contribution in [0.15, 0.2) is 35.3 Å². The van der Waals surface area contributed by atoms with Crippen LogP contribution in [0, 0.1) is 6.92 Å². The van der Waals surface area contributed by atoms with Gasteiger partial charge in [0.15, 0.2) is 0 Å². The van der Waals surface area contributed by atoms with Crippen molar-refractivity contribution in [3.63, 3.8) is 0 Å². The van der Waals surface area contributed by atoms with Crippen molar-refractivity contribution in [1.82, 2.24) is 14.6 Å². The molecule has 3 aromatic heterocycles. The first-order chi connectivity index (χ1) is 14.5. The number of H-pyrrole nitrogens is 1. The molecule has 0 atom stereocenters. The molecule has 30 heavy (non-hydrogen) atoms. The Hall–Kier alpha value is -3.46. The van der Waals surface area contributed by atoms with E-state index in [9.17, 15) is 14.4 Å². The lowest BCUT2D eigenvalue weighted by molar-refractivity contribution is 0.0527. The third-order valence-corrected chi connectivity index (χ3v) is 5.95. The molecule has 9 heteroatoms. The topological polar surface area (TPSA) is 106 Å². The number of carbonyl (C=O) groups is 2. The number of aromatic amines is 1. The molecule has 4 rings (SSSR count). The van der Waals surface area contributed by atoms with E-state index in [4.69, 9.17) is 4.74 Å². The number of hydrogen-bond acceptors (Lipinski definition) is 6. The number of carbonyl (C=O) groups excluding carboxylic acids is 2. The zero-order valence-electron chi connectivity index (χ0n) is 16.7. The summed E-state index contributed by atoms with van der Waals surface area (Å²) in [5.41, 5.74) is 2.02. The van der Waals surface area contributed by atoms with Gasteiger partial charge in [0.05, 0.1) is 29.3 Å². The Bertz CT molecular complexity index is 1350. The molecule has 0 spiro atoms. The van der Waals surface area contributed by atoms with Crippen LogP contribution in [-0.2, 0) is 11.2 Å². The number of fused-ring (bicyclic) bond motifs is 3. The number of anilines is 1. The molecule has 2 N–H and O–H groups in total. The fourth-order valence-electron chi connectivity index (χ4n) is 3.52. The summed E-state index contributed by atoms with van der Waals surface area (Å²) in [5.74, 6) is -0.932. The van der Waals surface area contributed by atoms with E-state index in [-0.39, 0.29) is 23.4 Å². The zero-order valence-corrected chi connectivity index (χ0v) is 17.6. The molecule has 0 radical (unpaired) electrons. The van der Waals surface area contributed by atoms with Gasteiger partial charge in [-0.25, -0.2) is 9.31 Å². The molecule has 1 amide bonds. The molecule has 0 fully saturated rings. The Labute approximate surface area is 175 Å². The van der Waals surface area contributed by atoms with Crippen molar-refractivity contribution in [3.8, 4) is 0 Å². The smallest absolute Gasteiger partial charge is 0.341 e. The van der Waals surface area contributed by atoms with E-state index in [2.05, 4.69) is 15.4 Å². The third kappa shape index (κ3) is 3.17. The highest BCUT2D eigenvalue weighted by Gasteiger charge is 2.25. The number of benzene rings is 1. The van der Waals surface area contributed by atoms with Gasteiger partial charge in [0.25, 0.3) is 11.5 Å². The Morgan fingerprint density at radius 3 is 2.77 bits per heavy atom. The summed E-state index contributed by atoms with van der Waals surface area (Å²) < 4.78 is 6.71. The van der Waals surface area contributed by atoms with Gasteiger partial charge in [-0.3, -0.25) is 9.59 Å². The minimum atomic E-state index is -0.467. The number of aryl methyl sites for hydroxylation is 1. The summed E-state index contributed by atoms with van der Waals surface area (Å²) in [4.78, 5) is 41.7. The van der Waals surface area contributed by atoms with Crippen LogP contribution in [0.5, 0.6) is 0 Å². The average molecular weight is 424 g/mol. The summed E-state index contributed by atoms with van der Waals surface area (Å²) in [7, 11) is 0. The van der Waals surface area contributed by atoms with Gasteiger partial charge in [0.2, 0.25) is 0 Å². The van der Waals surface area contributed by atoms with Gasteiger partial charge < -0.3 is 15.0 Å². The quantitative estimate of drug-likeness (QED) is 0.477. The fourth-order valence-corrected chi connectivity index (χ4v) is 4.65. The molecule has 0 aliphatic carbocycles. The molecule has 8 nitrogen and oxygen atoms in total. The number of amides is 1. The summed E-state index contributed by atoms with van der Waals surface area (Å²) in [6, 6.07) is 7.03. The molecular weight excluding hydrogens is 404 g/mol. The predicted molar refractivity (Wildman–Crippen MR) is 116 cm³/mol. The van der Waals surface area contributed by atoms with Crippen molar-refractivity contribution >= 4 is 44.8 Å². The first-order valence-corrected chi connectivity index (χ1v) is 10.4. The highest BCUT2D eigenvalue weighted by Crippen LogP contribution is 2.34. The molecule has 154 valence electrons. The minimum Gasteiger partial charge on any atom is -0.462 e. The third-order valence-electron chi connectivity index (χ3n) is 4.89. The molecule has 0 saturated carbocycles. The minimum absolute atomic E-state index is 0.205.